The van der Waals surface area contributed by atoms with Gasteiger partial charge in [0.25, 0.3) is 0 Å². The van der Waals surface area contributed by atoms with Crippen molar-refractivity contribution in [2.75, 3.05) is 18.7 Å². The normalized spacial score (nSPS) is 14.5. The molecule has 192 valence electrons. The summed E-state index contributed by atoms with van der Waals surface area (Å²) in [7, 11) is -3.82. The number of unbranched alkanes of at least 4 members (excludes halogenated alkanes) is 2. The number of nitrogen functional groups attached to an aromatic ring is 1. The first-order chi connectivity index (χ1) is 16.7. The lowest BCUT2D eigenvalue weighted by Crippen LogP contribution is -2.35. The lowest BCUT2D eigenvalue weighted by molar-refractivity contribution is -0.144. The Morgan fingerprint density at radius 3 is 2.66 bits per heavy atom. The number of nitrogens with zero attached hydrogens (tertiary/aromatic N) is 2. The van der Waals surface area contributed by atoms with Crippen molar-refractivity contribution in [2.24, 2.45) is 0 Å². The third-order valence-electron chi connectivity index (χ3n) is 4.80. The highest BCUT2D eigenvalue weighted by Crippen LogP contribution is 2.44. The maximum Gasteiger partial charge on any atom is 0.349 e. The van der Waals surface area contributed by atoms with Gasteiger partial charge in [0.15, 0.2) is 0 Å². The molecule has 2 aromatic rings. The van der Waals surface area contributed by atoms with Crippen LogP contribution in [0.4, 0.5) is 5.82 Å². The van der Waals surface area contributed by atoms with E-state index in [1.54, 1.807) is 37.3 Å². The number of aromatic nitrogens is 2. The topological polar surface area (TPSA) is 152 Å². The van der Waals surface area contributed by atoms with Crippen LogP contribution < -0.4 is 21.0 Å². The van der Waals surface area contributed by atoms with Crippen LogP contribution in [0.25, 0.3) is 0 Å². The molecule has 2 rings (SSSR count). The van der Waals surface area contributed by atoms with Gasteiger partial charge < -0.3 is 24.5 Å². The largest absolute Gasteiger partial charge is 0.466 e. The summed E-state index contributed by atoms with van der Waals surface area (Å²) in [6.45, 7) is 4.10. The summed E-state index contributed by atoms with van der Waals surface area (Å²) in [6.07, 6.45) is 3.32. The number of nitrogens with two attached hydrogens (primary N) is 1. The van der Waals surface area contributed by atoms with Crippen LogP contribution >= 0.6 is 7.52 Å². The number of ether oxygens (including phenoxy) is 2. The highest BCUT2D eigenvalue weighted by molar-refractivity contribution is 7.57. The third-order valence-corrected chi connectivity index (χ3v) is 6.52. The van der Waals surface area contributed by atoms with Gasteiger partial charge in [-0.05, 0) is 31.5 Å². The second-order valence-electron chi connectivity index (χ2n) is 7.97. The first-order valence-corrected chi connectivity index (χ1v) is 13.2. The number of esters is 1. The molecule has 0 aliphatic carbocycles. The molecule has 0 amide bonds. The van der Waals surface area contributed by atoms with Crippen LogP contribution in [0.15, 0.2) is 47.4 Å². The fourth-order valence-corrected chi connectivity index (χ4v) is 4.78. The molecule has 11 nitrogen and oxygen atoms in total. The van der Waals surface area contributed by atoms with E-state index in [0.717, 1.165) is 19.3 Å². The van der Waals surface area contributed by atoms with Crippen molar-refractivity contribution in [1.29, 1.82) is 0 Å². The third kappa shape index (κ3) is 10.4. The fourth-order valence-electron chi connectivity index (χ4n) is 3.03. The SMILES string of the molecule is CCCCCOC(=O)C[C@@H](C=O)NP(=O)(CO[C@H](C)Cn1ccc(N)nc1=O)Oc1ccccc1. The number of anilines is 1. The predicted octanol–water partition coefficient (Wildman–Crippen LogP) is 2.74. The predicted molar refractivity (Wildman–Crippen MR) is 131 cm³/mol. The highest BCUT2D eigenvalue weighted by Gasteiger charge is 2.31. The molecule has 12 heteroatoms. The molecule has 0 saturated carbocycles. The molecular weight excluding hydrogens is 475 g/mol. The Labute approximate surface area is 204 Å². The standard InChI is InChI=1S/C23H33N4O7P/c1-3-4-8-13-32-22(29)14-19(16-28)26-35(31,34-20-9-6-5-7-10-20)17-33-18(2)15-27-12-11-21(24)25-23(27)30/h5-7,9-12,16,18-19H,3-4,8,13-15,17H2,1-2H3,(H,26,31)(H2,24,25,30)/t18-,19+,35?/m1/s1. The first-order valence-electron chi connectivity index (χ1n) is 11.4. The van der Waals surface area contributed by atoms with E-state index in [0.29, 0.717) is 12.0 Å². The fraction of sp³-hybridized carbons (Fsp3) is 0.478. The van der Waals surface area contributed by atoms with E-state index in [2.05, 4.69) is 10.1 Å². The second-order valence-corrected chi connectivity index (χ2v) is 10.0. The van der Waals surface area contributed by atoms with Gasteiger partial charge in [0.2, 0.25) is 0 Å². The molecule has 0 aliphatic rings. The quantitative estimate of drug-likeness (QED) is 0.150. The molecule has 1 aromatic heterocycles. The molecule has 0 spiro atoms. The number of para-hydroxylation sites is 1. The Kier molecular flexibility index (Phi) is 11.6. The van der Waals surface area contributed by atoms with Gasteiger partial charge >= 0.3 is 19.2 Å². The Morgan fingerprint density at radius 1 is 1.26 bits per heavy atom. The average Bonchev–Trinajstić information content (AvgIpc) is 2.82. The minimum atomic E-state index is -3.82. The van der Waals surface area contributed by atoms with E-state index in [9.17, 15) is 18.9 Å². The number of benzene rings is 1. The average molecular weight is 509 g/mol. The van der Waals surface area contributed by atoms with Gasteiger partial charge in [-0.15, -0.1) is 0 Å². The molecule has 1 aromatic carbocycles. The summed E-state index contributed by atoms with van der Waals surface area (Å²) in [5.74, 6) is -0.180. The van der Waals surface area contributed by atoms with Crippen molar-refractivity contribution in [3.05, 3.63) is 53.1 Å². The van der Waals surface area contributed by atoms with Gasteiger partial charge in [0.1, 0.15) is 24.2 Å². The number of aldehydes is 1. The summed E-state index contributed by atoms with van der Waals surface area (Å²) in [5, 5.41) is 2.64. The minimum absolute atomic E-state index is 0.105. The number of carbonyl (C=O) groups is 2. The molecule has 0 fully saturated rings. The monoisotopic (exact) mass is 508 g/mol. The van der Waals surface area contributed by atoms with E-state index in [4.69, 9.17) is 19.7 Å². The zero-order chi connectivity index (χ0) is 25.7. The zero-order valence-electron chi connectivity index (χ0n) is 20.0. The molecule has 0 saturated heterocycles. The minimum Gasteiger partial charge on any atom is -0.466 e. The molecular formula is C23H33N4O7P. The molecule has 0 radical (unpaired) electrons. The Hall–Kier alpha value is -3.01. The van der Waals surface area contributed by atoms with Crippen molar-refractivity contribution in [3.8, 4) is 5.75 Å². The summed E-state index contributed by atoms with van der Waals surface area (Å²) in [4.78, 5) is 39.4. The number of hydrogen-bond donors (Lipinski definition) is 2. The number of nitrogens with one attached hydrogen (secondary N) is 1. The van der Waals surface area contributed by atoms with Gasteiger partial charge in [-0.2, -0.15) is 4.98 Å². The highest BCUT2D eigenvalue weighted by atomic mass is 31.2. The van der Waals surface area contributed by atoms with Crippen LogP contribution in [-0.2, 0) is 30.2 Å². The van der Waals surface area contributed by atoms with Crippen LogP contribution in [0.5, 0.6) is 5.75 Å². The molecule has 3 N–H and O–H groups in total. The van der Waals surface area contributed by atoms with Crippen molar-refractivity contribution in [2.45, 2.75) is 58.2 Å². The summed E-state index contributed by atoms with van der Waals surface area (Å²) in [5.41, 5.74) is 4.96. The van der Waals surface area contributed by atoms with Crippen LogP contribution in [-0.4, -0.2) is 46.9 Å². The number of carbonyl (C=O) groups excluding carboxylic acids is 2. The van der Waals surface area contributed by atoms with E-state index < -0.39 is 37.7 Å². The van der Waals surface area contributed by atoms with Gasteiger partial charge in [0, 0.05) is 6.20 Å². The number of hydrogen-bond acceptors (Lipinski definition) is 9. The maximum absolute atomic E-state index is 13.6. The Balaban J connectivity index is 2.05. The van der Waals surface area contributed by atoms with Crippen molar-refractivity contribution in [3.63, 3.8) is 0 Å². The molecule has 1 unspecified atom stereocenters. The molecule has 0 aliphatic heterocycles. The van der Waals surface area contributed by atoms with E-state index >= 15 is 0 Å². The molecule has 3 atom stereocenters. The lowest BCUT2D eigenvalue weighted by Gasteiger charge is -2.25. The lowest BCUT2D eigenvalue weighted by atomic mass is 10.2. The van der Waals surface area contributed by atoms with Crippen molar-refractivity contribution >= 4 is 25.6 Å². The van der Waals surface area contributed by atoms with Gasteiger partial charge in [-0.25, -0.2) is 9.88 Å². The Morgan fingerprint density at radius 2 is 2.00 bits per heavy atom. The van der Waals surface area contributed by atoms with E-state index in [1.807, 2.05) is 6.92 Å². The van der Waals surface area contributed by atoms with Crippen LogP contribution in [0.3, 0.4) is 0 Å². The molecule has 1 heterocycles. The summed E-state index contributed by atoms with van der Waals surface area (Å²) < 4.78 is 31.5. The van der Waals surface area contributed by atoms with Crippen LogP contribution in [0, 0.1) is 0 Å². The number of rotatable bonds is 16. The first kappa shape index (κ1) is 28.2. The molecule has 0 bridgehead atoms. The van der Waals surface area contributed by atoms with Gasteiger partial charge in [-0.3, -0.25) is 13.9 Å². The summed E-state index contributed by atoms with van der Waals surface area (Å²) >= 11 is 0. The van der Waals surface area contributed by atoms with E-state index in [-0.39, 0.29) is 25.4 Å². The van der Waals surface area contributed by atoms with Gasteiger partial charge in [-0.1, -0.05) is 38.0 Å². The van der Waals surface area contributed by atoms with Crippen LogP contribution in [0.2, 0.25) is 0 Å². The van der Waals surface area contributed by atoms with Crippen molar-refractivity contribution in [1.82, 2.24) is 14.6 Å². The van der Waals surface area contributed by atoms with Crippen molar-refractivity contribution < 1.29 is 28.2 Å². The summed E-state index contributed by atoms with van der Waals surface area (Å²) in [6, 6.07) is 8.76. The second kappa shape index (κ2) is 14.4. The maximum atomic E-state index is 13.6. The van der Waals surface area contributed by atoms with Crippen LogP contribution in [0.1, 0.15) is 39.5 Å². The smallest absolute Gasteiger partial charge is 0.349 e. The zero-order valence-corrected chi connectivity index (χ0v) is 20.9. The molecule has 35 heavy (non-hydrogen) atoms. The Bertz CT molecular complexity index is 1050. The van der Waals surface area contributed by atoms with E-state index in [1.165, 1.54) is 16.8 Å². The van der Waals surface area contributed by atoms with Gasteiger partial charge in [0.05, 0.1) is 31.7 Å².